The molecular formula is C14H15BrO5. The van der Waals surface area contributed by atoms with Crippen molar-refractivity contribution in [2.24, 2.45) is 0 Å². The van der Waals surface area contributed by atoms with Crippen molar-refractivity contribution in [3.05, 3.63) is 28.7 Å². The second-order valence-electron chi connectivity index (χ2n) is 4.37. The van der Waals surface area contributed by atoms with E-state index in [2.05, 4.69) is 20.7 Å². The lowest BCUT2D eigenvalue weighted by Gasteiger charge is -2.05. The summed E-state index contributed by atoms with van der Waals surface area (Å²) in [5.41, 5.74) is 0. The number of hydrogen-bond acceptors (Lipinski definition) is 5. The number of esters is 2. The summed E-state index contributed by atoms with van der Waals surface area (Å²) in [4.78, 5) is 22.4. The smallest absolute Gasteiger partial charge is 0.345 e. The van der Waals surface area contributed by atoms with Gasteiger partial charge in [0.25, 0.3) is 0 Å². The monoisotopic (exact) mass is 342 g/mol. The number of rotatable bonds is 7. The van der Waals surface area contributed by atoms with Crippen LogP contribution in [-0.4, -0.2) is 31.3 Å². The third-order valence-electron chi connectivity index (χ3n) is 2.67. The van der Waals surface area contributed by atoms with Crippen molar-refractivity contribution in [2.75, 3.05) is 13.2 Å². The summed E-state index contributed by atoms with van der Waals surface area (Å²) in [6.07, 6.45) is 1.02. The maximum atomic E-state index is 11.3. The van der Waals surface area contributed by atoms with Gasteiger partial charge in [-0.3, -0.25) is 4.79 Å². The molecule has 0 bridgehead atoms. The molecule has 2 rings (SSSR count). The molecule has 20 heavy (non-hydrogen) atoms. The zero-order chi connectivity index (χ0) is 14.4. The number of ether oxygens (including phenoxy) is 3. The van der Waals surface area contributed by atoms with Crippen LogP contribution in [0.2, 0.25) is 0 Å². The molecule has 0 aromatic heterocycles. The molecule has 0 spiro atoms. The number of carbonyl (C=O) groups excluding carboxylic acids is 2. The molecule has 6 heteroatoms. The molecule has 1 aliphatic heterocycles. The Bertz CT molecular complexity index is 467. The summed E-state index contributed by atoms with van der Waals surface area (Å²) in [6.45, 7) is 0.877. The molecule has 0 aliphatic carbocycles. The minimum absolute atomic E-state index is 0.210. The van der Waals surface area contributed by atoms with Crippen LogP contribution in [0.3, 0.4) is 0 Å². The van der Waals surface area contributed by atoms with E-state index in [9.17, 15) is 9.59 Å². The van der Waals surface area contributed by atoms with Crippen molar-refractivity contribution < 1.29 is 23.8 Å². The first-order valence-corrected chi connectivity index (χ1v) is 7.19. The van der Waals surface area contributed by atoms with Gasteiger partial charge in [0, 0.05) is 10.9 Å². The van der Waals surface area contributed by atoms with Gasteiger partial charge < -0.3 is 14.2 Å². The highest BCUT2D eigenvalue weighted by molar-refractivity contribution is 9.10. The Balaban J connectivity index is 1.53. The first-order valence-electron chi connectivity index (χ1n) is 6.39. The van der Waals surface area contributed by atoms with Gasteiger partial charge in [-0.05, 0) is 37.1 Å². The molecule has 1 fully saturated rings. The lowest BCUT2D eigenvalue weighted by molar-refractivity contribution is -0.160. The highest BCUT2D eigenvalue weighted by Gasteiger charge is 2.34. The first kappa shape index (κ1) is 15.0. The Hall–Kier alpha value is -1.40. The fourth-order valence-corrected chi connectivity index (χ4v) is 1.77. The standard InChI is InChI=1S/C14H15BrO5/c15-10-4-6-11(7-5-10)18-8-2-1-3-13(16)20-14(17)12-9-19-12/h4-7,12H,1-3,8-9H2. The van der Waals surface area contributed by atoms with E-state index in [4.69, 9.17) is 9.47 Å². The maximum Gasteiger partial charge on any atom is 0.345 e. The second kappa shape index (κ2) is 7.40. The largest absolute Gasteiger partial charge is 0.494 e. The van der Waals surface area contributed by atoms with Crippen LogP contribution in [0.25, 0.3) is 0 Å². The lowest BCUT2D eigenvalue weighted by atomic mass is 10.2. The molecule has 1 heterocycles. The van der Waals surface area contributed by atoms with E-state index in [-0.39, 0.29) is 6.42 Å². The van der Waals surface area contributed by atoms with Gasteiger partial charge in [-0.15, -0.1) is 0 Å². The predicted molar refractivity (Wildman–Crippen MR) is 74.3 cm³/mol. The minimum atomic E-state index is -0.582. The van der Waals surface area contributed by atoms with Gasteiger partial charge in [0.15, 0.2) is 6.10 Å². The van der Waals surface area contributed by atoms with Gasteiger partial charge >= 0.3 is 11.9 Å². The molecule has 1 aromatic carbocycles. The Morgan fingerprint density at radius 2 is 1.95 bits per heavy atom. The summed E-state index contributed by atoms with van der Waals surface area (Å²) < 4.78 is 15.8. The molecule has 1 aliphatic rings. The quantitative estimate of drug-likeness (QED) is 0.329. The Morgan fingerprint density at radius 3 is 2.60 bits per heavy atom. The van der Waals surface area contributed by atoms with Gasteiger partial charge in [0.05, 0.1) is 13.2 Å². The van der Waals surface area contributed by atoms with Crippen LogP contribution in [0, 0.1) is 0 Å². The number of unbranched alkanes of at least 4 members (excludes halogenated alkanes) is 1. The summed E-state index contributed by atoms with van der Waals surface area (Å²) in [6, 6.07) is 7.54. The molecule has 0 radical (unpaired) electrons. The zero-order valence-electron chi connectivity index (χ0n) is 10.8. The Labute approximate surface area is 125 Å². The molecule has 0 saturated carbocycles. The third-order valence-corrected chi connectivity index (χ3v) is 3.20. The summed E-state index contributed by atoms with van der Waals surface area (Å²) >= 11 is 3.35. The second-order valence-corrected chi connectivity index (χ2v) is 5.29. The van der Waals surface area contributed by atoms with Gasteiger partial charge in [-0.25, -0.2) is 4.79 Å². The molecule has 1 atom stereocenters. The Morgan fingerprint density at radius 1 is 1.25 bits per heavy atom. The third kappa shape index (κ3) is 5.30. The van der Waals surface area contributed by atoms with E-state index in [0.29, 0.717) is 19.6 Å². The van der Waals surface area contributed by atoms with Crippen molar-refractivity contribution in [1.82, 2.24) is 0 Å². The summed E-state index contributed by atoms with van der Waals surface area (Å²) in [5.74, 6) is -0.299. The molecule has 108 valence electrons. The molecule has 1 aromatic rings. The average molecular weight is 343 g/mol. The van der Waals surface area contributed by atoms with Crippen molar-refractivity contribution in [1.29, 1.82) is 0 Å². The van der Waals surface area contributed by atoms with E-state index >= 15 is 0 Å². The fraction of sp³-hybridized carbons (Fsp3) is 0.429. The van der Waals surface area contributed by atoms with Crippen LogP contribution >= 0.6 is 15.9 Å². The minimum Gasteiger partial charge on any atom is -0.494 e. The highest BCUT2D eigenvalue weighted by atomic mass is 79.9. The van der Waals surface area contributed by atoms with Crippen molar-refractivity contribution in [3.8, 4) is 5.75 Å². The van der Waals surface area contributed by atoms with Crippen LogP contribution in [0.1, 0.15) is 19.3 Å². The van der Waals surface area contributed by atoms with Crippen LogP contribution in [0.5, 0.6) is 5.75 Å². The highest BCUT2D eigenvalue weighted by Crippen LogP contribution is 2.16. The number of halogens is 1. The number of carbonyl (C=O) groups is 2. The van der Waals surface area contributed by atoms with Gasteiger partial charge in [0.1, 0.15) is 5.75 Å². The van der Waals surface area contributed by atoms with Crippen LogP contribution in [0.4, 0.5) is 0 Å². The fourth-order valence-electron chi connectivity index (χ4n) is 1.51. The van der Waals surface area contributed by atoms with Gasteiger partial charge in [-0.1, -0.05) is 15.9 Å². The van der Waals surface area contributed by atoms with Gasteiger partial charge in [-0.2, -0.15) is 0 Å². The van der Waals surface area contributed by atoms with Crippen molar-refractivity contribution >= 4 is 27.9 Å². The van der Waals surface area contributed by atoms with E-state index < -0.39 is 18.0 Å². The molecule has 1 saturated heterocycles. The topological polar surface area (TPSA) is 65.1 Å². The van der Waals surface area contributed by atoms with Crippen molar-refractivity contribution in [2.45, 2.75) is 25.4 Å². The summed E-state index contributed by atoms with van der Waals surface area (Å²) in [5, 5.41) is 0. The number of hydrogen-bond donors (Lipinski definition) is 0. The van der Waals surface area contributed by atoms with Crippen LogP contribution in [0.15, 0.2) is 28.7 Å². The number of benzene rings is 1. The zero-order valence-corrected chi connectivity index (χ0v) is 12.4. The molecule has 1 unspecified atom stereocenters. The van der Waals surface area contributed by atoms with Crippen molar-refractivity contribution in [3.63, 3.8) is 0 Å². The first-order chi connectivity index (χ1) is 9.65. The summed E-state index contributed by atoms with van der Waals surface area (Å²) in [7, 11) is 0. The number of epoxide rings is 1. The van der Waals surface area contributed by atoms with Crippen LogP contribution in [-0.2, 0) is 19.1 Å². The predicted octanol–water partition coefficient (Wildman–Crippen LogP) is 2.47. The lowest BCUT2D eigenvalue weighted by Crippen LogP contribution is -2.17. The average Bonchev–Trinajstić information content (AvgIpc) is 3.25. The van der Waals surface area contributed by atoms with Gasteiger partial charge in [0.2, 0.25) is 0 Å². The normalized spacial score (nSPS) is 16.6. The Kier molecular flexibility index (Phi) is 5.55. The molecular weight excluding hydrogens is 328 g/mol. The maximum absolute atomic E-state index is 11.3. The molecule has 5 nitrogen and oxygen atoms in total. The van der Waals surface area contributed by atoms with E-state index in [0.717, 1.165) is 16.6 Å². The molecule has 0 N–H and O–H groups in total. The van der Waals surface area contributed by atoms with E-state index in [1.807, 2.05) is 24.3 Å². The van der Waals surface area contributed by atoms with E-state index in [1.54, 1.807) is 0 Å². The van der Waals surface area contributed by atoms with E-state index in [1.165, 1.54) is 0 Å². The SMILES string of the molecule is O=C(CCCCOc1ccc(Br)cc1)OC(=O)C1CO1. The van der Waals surface area contributed by atoms with Crippen LogP contribution < -0.4 is 4.74 Å². The molecule has 0 amide bonds.